The molecule has 5 aliphatic carbocycles. The van der Waals surface area contributed by atoms with E-state index in [1.807, 2.05) is 0 Å². The molecule has 0 unspecified atom stereocenters. The van der Waals surface area contributed by atoms with E-state index in [-0.39, 0.29) is 42.9 Å². The van der Waals surface area contributed by atoms with E-state index in [1.165, 1.54) is 28.3 Å². The Kier molecular flexibility index (Phi) is 8.57. The monoisotopic (exact) mass is 689 g/mol. The average Bonchev–Trinajstić information content (AvgIpc) is 3.46. The van der Waals surface area contributed by atoms with Crippen molar-refractivity contribution in [1.82, 2.24) is 4.90 Å². The van der Waals surface area contributed by atoms with Gasteiger partial charge in [0.05, 0.1) is 50.8 Å². The van der Waals surface area contributed by atoms with Gasteiger partial charge < -0.3 is 48.1 Å². The van der Waals surface area contributed by atoms with Crippen molar-refractivity contribution in [3.63, 3.8) is 0 Å². The summed E-state index contributed by atoms with van der Waals surface area (Å²) in [6, 6.07) is 4.56. The van der Waals surface area contributed by atoms with Gasteiger partial charge in [0.25, 0.3) is 0 Å². The zero-order chi connectivity index (χ0) is 35.3. The van der Waals surface area contributed by atoms with Gasteiger partial charge in [0.2, 0.25) is 0 Å². The number of aliphatic hydroxyl groups excluding tert-OH is 1. The van der Waals surface area contributed by atoms with Crippen LogP contribution in [0.4, 0.5) is 0 Å². The Morgan fingerprint density at radius 1 is 0.959 bits per heavy atom. The van der Waals surface area contributed by atoms with Crippen molar-refractivity contribution in [3.8, 4) is 11.5 Å². The summed E-state index contributed by atoms with van der Waals surface area (Å²) >= 11 is 0. The lowest BCUT2D eigenvalue weighted by molar-refractivity contribution is -0.300. The zero-order valence-electron chi connectivity index (χ0n) is 29.7. The summed E-state index contributed by atoms with van der Waals surface area (Å²) in [4.78, 5) is 29.8. The van der Waals surface area contributed by atoms with Gasteiger partial charge in [0, 0.05) is 89.4 Å². The molecule has 14 atom stereocenters. The van der Waals surface area contributed by atoms with Crippen molar-refractivity contribution >= 4 is 11.9 Å². The van der Waals surface area contributed by atoms with E-state index in [9.17, 15) is 19.8 Å². The summed E-state index contributed by atoms with van der Waals surface area (Å²) in [5.74, 6) is -2.07. The SMILES string of the molecule is CCN1C[C@]2(COC)[C@H](O)C[C@H](OC)[C@@]34[C@@H]5C[C@]6(O)[C@@H](OC)C[C@@](OC(C)=O)([C@H]5[C@H]6OC(=O)c5ccc(OC)c(OC)c5)[C@@H]([C@H](OC)[C@H]23)[C@@H]14. The Balaban J connectivity index is 1.46. The minimum Gasteiger partial charge on any atom is -0.493 e. The van der Waals surface area contributed by atoms with E-state index in [2.05, 4.69) is 11.8 Å². The van der Waals surface area contributed by atoms with Crippen molar-refractivity contribution < 1.29 is 57.7 Å². The lowest BCUT2D eigenvalue weighted by atomic mass is 9.42. The van der Waals surface area contributed by atoms with E-state index in [0.29, 0.717) is 31.0 Å². The van der Waals surface area contributed by atoms with E-state index in [0.717, 1.165) is 0 Å². The maximum absolute atomic E-state index is 14.1. The van der Waals surface area contributed by atoms with Gasteiger partial charge in [-0.05, 0) is 37.1 Å². The van der Waals surface area contributed by atoms with Crippen LogP contribution in [-0.4, -0.2) is 137 Å². The number of likely N-dealkylation sites (tertiary alicyclic amines) is 1. The number of carbonyl (C=O) groups is 2. The van der Waals surface area contributed by atoms with E-state index in [1.54, 1.807) is 39.5 Å². The third kappa shape index (κ3) is 4.24. The summed E-state index contributed by atoms with van der Waals surface area (Å²) in [5, 5.41) is 24.9. The molecule has 13 heteroatoms. The van der Waals surface area contributed by atoms with Crippen LogP contribution in [0.1, 0.15) is 43.5 Å². The Morgan fingerprint density at radius 2 is 1.67 bits per heavy atom. The summed E-state index contributed by atoms with van der Waals surface area (Å²) in [6.45, 7) is 4.99. The van der Waals surface area contributed by atoms with Gasteiger partial charge in [0.15, 0.2) is 11.5 Å². The number of hydrogen-bond acceptors (Lipinski definition) is 13. The van der Waals surface area contributed by atoms with Crippen LogP contribution < -0.4 is 9.47 Å². The maximum Gasteiger partial charge on any atom is 0.338 e. The molecule has 0 aromatic heterocycles. The second-order valence-corrected chi connectivity index (χ2v) is 15.1. The molecule has 1 spiro atoms. The minimum absolute atomic E-state index is 0.185. The van der Waals surface area contributed by atoms with E-state index in [4.69, 9.17) is 37.9 Å². The largest absolute Gasteiger partial charge is 0.493 e. The number of fused-ring (bicyclic) bond motifs is 2. The number of piperidine rings is 1. The highest BCUT2D eigenvalue weighted by Crippen LogP contribution is 2.80. The first-order valence-corrected chi connectivity index (χ1v) is 17.3. The van der Waals surface area contributed by atoms with Crippen LogP contribution >= 0.6 is 0 Å². The third-order valence-corrected chi connectivity index (χ3v) is 13.7. The number of rotatable bonds is 11. The van der Waals surface area contributed by atoms with Crippen molar-refractivity contribution in [2.24, 2.45) is 34.5 Å². The topological polar surface area (TPSA) is 152 Å². The summed E-state index contributed by atoms with van der Waals surface area (Å²) in [7, 11) is 9.53. The third-order valence-electron chi connectivity index (χ3n) is 13.7. The maximum atomic E-state index is 14.1. The summed E-state index contributed by atoms with van der Waals surface area (Å²) in [6.07, 6.45) is -2.89. The Hall–Kier alpha value is -2.52. The van der Waals surface area contributed by atoms with Gasteiger partial charge in [-0.3, -0.25) is 9.69 Å². The smallest absolute Gasteiger partial charge is 0.338 e. The van der Waals surface area contributed by atoms with Crippen LogP contribution in [0.25, 0.3) is 0 Å². The normalized spacial score (nSPS) is 45.9. The lowest BCUT2D eigenvalue weighted by Crippen LogP contribution is -2.79. The summed E-state index contributed by atoms with van der Waals surface area (Å²) < 4.78 is 48.9. The predicted octanol–water partition coefficient (Wildman–Crippen LogP) is 1.69. The molecular formula is C36H51NO12. The molecule has 1 saturated heterocycles. The molecule has 1 aromatic rings. The van der Waals surface area contributed by atoms with Gasteiger partial charge in [-0.2, -0.15) is 0 Å². The molecule has 49 heavy (non-hydrogen) atoms. The van der Waals surface area contributed by atoms with Crippen molar-refractivity contribution in [2.75, 3.05) is 62.4 Å². The standard InChI is InChI=1S/C36H51NO12/c1-9-37-16-33(17-42-3)23(39)13-24(45-6)36-20-14-34(41)25(46-7)15-35(49-18(2)38,27(30(36)37)28(47-8)29(33)36)26(20)31(34)48-32(40)19-10-11-21(43-4)22(12-19)44-5/h10-12,20,23-31,39,41H,9,13-17H2,1-8H3/t20-,23-,24+,25+,26-,27+,28+,29-,30-,31-,33+,34+,35-,36+/m1/s1. The number of methoxy groups -OCH3 is 6. The number of hydrogen-bond donors (Lipinski definition) is 2. The fourth-order valence-corrected chi connectivity index (χ4v) is 12.6. The molecule has 1 aliphatic heterocycles. The van der Waals surface area contributed by atoms with Gasteiger partial charge >= 0.3 is 11.9 Å². The van der Waals surface area contributed by atoms with Crippen LogP contribution in [0.15, 0.2) is 18.2 Å². The number of aliphatic hydroxyl groups is 2. The molecule has 6 fully saturated rings. The van der Waals surface area contributed by atoms with Gasteiger partial charge in [-0.1, -0.05) is 6.92 Å². The Morgan fingerprint density at radius 3 is 2.27 bits per heavy atom. The number of carbonyl (C=O) groups excluding carboxylic acids is 2. The lowest BCUT2D eigenvalue weighted by Gasteiger charge is -2.70. The molecule has 0 amide bonds. The van der Waals surface area contributed by atoms with Crippen molar-refractivity contribution in [3.05, 3.63) is 23.8 Å². The molecule has 7 bridgehead atoms. The molecule has 1 aromatic carbocycles. The van der Waals surface area contributed by atoms with E-state index >= 15 is 0 Å². The molecule has 0 radical (unpaired) electrons. The van der Waals surface area contributed by atoms with E-state index < -0.39 is 76.3 Å². The van der Waals surface area contributed by atoms with Gasteiger partial charge in [-0.25, -0.2) is 4.79 Å². The van der Waals surface area contributed by atoms with Crippen molar-refractivity contribution in [2.45, 2.75) is 80.9 Å². The van der Waals surface area contributed by atoms with Gasteiger partial charge in [-0.15, -0.1) is 0 Å². The van der Waals surface area contributed by atoms with Crippen molar-refractivity contribution in [1.29, 1.82) is 0 Å². The van der Waals surface area contributed by atoms with Gasteiger partial charge in [0.1, 0.15) is 17.3 Å². The highest BCUT2D eigenvalue weighted by Gasteiger charge is 2.90. The first-order valence-electron chi connectivity index (χ1n) is 17.3. The highest BCUT2D eigenvalue weighted by molar-refractivity contribution is 5.90. The average molecular weight is 690 g/mol. The predicted molar refractivity (Wildman–Crippen MR) is 172 cm³/mol. The fraction of sp³-hybridized carbons (Fsp3) is 0.778. The highest BCUT2D eigenvalue weighted by atomic mass is 16.6. The molecule has 7 rings (SSSR count). The zero-order valence-corrected chi connectivity index (χ0v) is 29.7. The molecule has 272 valence electrons. The molecule has 13 nitrogen and oxygen atoms in total. The first kappa shape index (κ1) is 34.9. The van der Waals surface area contributed by atoms with Crippen LogP contribution in [0.3, 0.4) is 0 Å². The van der Waals surface area contributed by atoms with Crippen LogP contribution in [0.5, 0.6) is 11.5 Å². The quantitative estimate of drug-likeness (QED) is 0.325. The number of esters is 2. The second-order valence-electron chi connectivity index (χ2n) is 15.1. The molecule has 1 heterocycles. The van der Waals surface area contributed by atoms with Crippen LogP contribution in [0.2, 0.25) is 0 Å². The number of benzene rings is 1. The van der Waals surface area contributed by atoms with Crippen LogP contribution in [0, 0.1) is 34.5 Å². The summed E-state index contributed by atoms with van der Waals surface area (Å²) in [5.41, 5.74) is -4.09. The molecule has 2 N–H and O–H groups in total. The van der Waals surface area contributed by atoms with Crippen LogP contribution in [-0.2, 0) is 33.2 Å². The molecular weight excluding hydrogens is 638 g/mol. The number of nitrogens with zero attached hydrogens (tertiary/aromatic N) is 1. The Bertz CT molecular complexity index is 1480. The first-order chi connectivity index (χ1) is 23.4. The Labute approximate surface area is 287 Å². The molecule has 5 saturated carbocycles. The molecule has 6 aliphatic rings. The second kappa shape index (κ2) is 12.0. The minimum atomic E-state index is -1.62. The fourth-order valence-electron chi connectivity index (χ4n) is 12.6. The number of ether oxygens (including phenoxy) is 8.